The smallest absolute Gasteiger partial charge is 0.339 e. The molecule has 0 saturated heterocycles. The minimum Gasteiger partial charge on any atom is -0.457 e. The van der Waals surface area contributed by atoms with E-state index in [4.69, 9.17) is 4.74 Å². The lowest BCUT2D eigenvalue weighted by Gasteiger charge is -2.07. The van der Waals surface area contributed by atoms with Crippen LogP contribution in [-0.4, -0.2) is 5.97 Å². The van der Waals surface area contributed by atoms with E-state index >= 15 is 0 Å². The van der Waals surface area contributed by atoms with Crippen molar-refractivity contribution in [2.24, 2.45) is 0 Å². The number of ether oxygens (including phenoxy) is 1. The summed E-state index contributed by atoms with van der Waals surface area (Å²) in [6.45, 7) is 3.75. The summed E-state index contributed by atoms with van der Waals surface area (Å²) < 4.78 is 18.2. The molecule has 0 saturated carbocycles. The molecule has 2 aromatic rings. The van der Waals surface area contributed by atoms with Crippen molar-refractivity contribution in [3.05, 3.63) is 77.6 Å². The van der Waals surface area contributed by atoms with Crippen molar-refractivity contribution in [1.29, 1.82) is 0 Å². The molecule has 2 aromatic carbocycles. The maximum absolute atomic E-state index is 13.0. The highest BCUT2D eigenvalue weighted by Crippen LogP contribution is 2.15. The van der Waals surface area contributed by atoms with Crippen LogP contribution in [0.4, 0.5) is 4.39 Å². The first-order valence-electron chi connectivity index (χ1n) is 5.84. The number of hydrogen-bond donors (Lipinski definition) is 0. The van der Waals surface area contributed by atoms with Crippen molar-refractivity contribution < 1.29 is 13.9 Å². The standard InChI is InChI=1S/C16H13FO2/c1-2-13-10-14(17)8-9-15(13)16(18)19-11-12-6-4-3-5-7-12/h2-10H,1,11H2. The number of halogens is 1. The van der Waals surface area contributed by atoms with Gasteiger partial charge in [-0.15, -0.1) is 0 Å². The second-order valence-corrected chi connectivity index (χ2v) is 4.00. The summed E-state index contributed by atoms with van der Waals surface area (Å²) in [6, 6.07) is 13.3. The van der Waals surface area contributed by atoms with Gasteiger partial charge >= 0.3 is 5.97 Å². The molecule has 0 unspecified atom stereocenters. The monoisotopic (exact) mass is 256 g/mol. The van der Waals surface area contributed by atoms with Gasteiger partial charge in [0.05, 0.1) is 5.56 Å². The topological polar surface area (TPSA) is 26.3 Å². The maximum Gasteiger partial charge on any atom is 0.339 e. The first kappa shape index (κ1) is 13.0. The van der Waals surface area contributed by atoms with Gasteiger partial charge in [0.2, 0.25) is 0 Å². The second kappa shape index (κ2) is 5.96. The molecular formula is C16H13FO2. The highest BCUT2D eigenvalue weighted by molar-refractivity contribution is 5.93. The van der Waals surface area contributed by atoms with Gasteiger partial charge in [-0.25, -0.2) is 9.18 Å². The number of esters is 1. The molecule has 0 amide bonds. The summed E-state index contributed by atoms with van der Waals surface area (Å²) in [4.78, 5) is 11.9. The minimum absolute atomic E-state index is 0.188. The van der Waals surface area contributed by atoms with E-state index in [2.05, 4.69) is 6.58 Å². The van der Waals surface area contributed by atoms with Gasteiger partial charge in [0, 0.05) is 0 Å². The fourth-order valence-electron chi connectivity index (χ4n) is 1.69. The van der Waals surface area contributed by atoms with Gasteiger partial charge in [0.25, 0.3) is 0 Å². The van der Waals surface area contributed by atoms with E-state index < -0.39 is 11.8 Å². The van der Waals surface area contributed by atoms with Crippen LogP contribution >= 0.6 is 0 Å². The second-order valence-electron chi connectivity index (χ2n) is 4.00. The molecule has 0 spiro atoms. The predicted octanol–water partition coefficient (Wildman–Crippen LogP) is 3.83. The molecule has 0 aliphatic rings. The van der Waals surface area contributed by atoms with Crippen LogP contribution in [0, 0.1) is 5.82 Å². The Labute approximate surface area is 111 Å². The first-order valence-corrected chi connectivity index (χ1v) is 5.84. The summed E-state index contributed by atoms with van der Waals surface area (Å²) in [5.74, 6) is -0.895. The molecule has 0 aliphatic heterocycles. The van der Waals surface area contributed by atoms with Crippen LogP contribution in [0.15, 0.2) is 55.1 Å². The lowest BCUT2D eigenvalue weighted by molar-refractivity contribution is 0.0472. The number of carbonyl (C=O) groups is 1. The summed E-state index contributed by atoms with van der Waals surface area (Å²) >= 11 is 0. The summed E-state index contributed by atoms with van der Waals surface area (Å²) in [7, 11) is 0. The van der Waals surface area contributed by atoms with E-state index in [9.17, 15) is 9.18 Å². The van der Waals surface area contributed by atoms with Gasteiger partial charge < -0.3 is 4.74 Å². The van der Waals surface area contributed by atoms with Gasteiger partial charge in [-0.2, -0.15) is 0 Å². The largest absolute Gasteiger partial charge is 0.457 e. The zero-order valence-corrected chi connectivity index (χ0v) is 10.3. The Hall–Kier alpha value is -2.42. The van der Waals surface area contributed by atoms with Crippen LogP contribution < -0.4 is 0 Å². The Morgan fingerprint density at radius 3 is 2.63 bits per heavy atom. The minimum atomic E-state index is -0.487. The average Bonchev–Trinajstić information content (AvgIpc) is 2.45. The maximum atomic E-state index is 13.0. The molecule has 0 radical (unpaired) electrons. The Kier molecular flexibility index (Phi) is 4.08. The molecule has 0 heterocycles. The molecule has 0 aromatic heterocycles. The van der Waals surface area contributed by atoms with Crippen molar-refractivity contribution in [2.75, 3.05) is 0 Å². The Balaban J connectivity index is 2.10. The highest BCUT2D eigenvalue weighted by Gasteiger charge is 2.12. The molecule has 2 rings (SSSR count). The molecule has 19 heavy (non-hydrogen) atoms. The van der Waals surface area contributed by atoms with Crippen LogP contribution in [0.1, 0.15) is 21.5 Å². The molecule has 0 atom stereocenters. The van der Waals surface area contributed by atoms with Gasteiger partial charge in [-0.1, -0.05) is 43.0 Å². The lowest BCUT2D eigenvalue weighted by Crippen LogP contribution is -2.07. The van der Waals surface area contributed by atoms with Crippen LogP contribution in [0.5, 0.6) is 0 Å². The highest BCUT2D eigenvalue weighted by atomic mass is 19.1. The molecule has 0 aliphatic carbocycles. The molecule has 96 valence electrons. The third kappa shape index (κ3) is 3.28. The van der Waals surface area contributed by atoms with Crippen molar-refractivity contribution in [3.8, 4) is 0 Å². The zero-order valence-electron chi connectivity index (χ0n) is 10.3. The third-order valence-corrected chi connectivity index (χ3v) is 2.67. The Morgan fingerprint density at radius 1 is 1.21 bits per heavy atom. The number of benzene rings is 2. The Bertz CT molecular complexity index is 591. The van der Waals surface area contributed by atoms with Crippen molar-refractivity contribution >= 4 is 12.0 Å². The van der Waals surface area contributed by atoms with Crippen LogP contribution in [0.2, 0.25) is 0 Å². The van der Waals surface area contributed by atoms with E-state index in [1.165, 1.54) is 24.3 Å². The fourth-order valence-corrected chi connectivity index (χ4v) is 1.69. The van der Waals surface area contributed by atoms with Gasteiger partial charge in [0.1, 0.15) is 12.4 Å². The normalized spacial score (nSPS) is 9.95. The molecule has 2 nitrogen and oxygen atoms in total. The van der Waals surface area contributed by atoms with E-state index in [1.54, 1.807) is 0 Å². The van der Waals surface area contributed by atoms with Crippen molar-refractivity contribution in [3.63, 3.8) is 0 Å². The lowest BCUT2D eigenvalue weighted by atomic mass is 10.1. The van der Waals surface area contributed by atoms with Crippen LogP contribution in [-0.2, 0) is 11.3 Å². The summed E-state index contributed by atoms with van der Waals surface area (Å²) in [5.41, 5.74) is 1.64. The van der Waals surface area contributed by atoms with Crippen molar-refractivity contribution in [1.82, 2.24) is 0 Å². The van der Waals surface area contributed by atoms with E-state index in [1.807, 2.05) is 30.3 Å². The number of rotatable bonds is 4. The molecule has 3 heteroatoms. The zero-order chi connectivity index (χ0) is 13.7. The van der Waals surface area contributed by atoms with Gasteiger partial charge in [0.15, 0.2) is 0 Å². The van der Waals surface area contributed by atoms with Crippen molar-refractivity contribution in [2.45, 2.75) is 6.61 Å². The van der Waals surface area contributed by atoms with Crippen LogP contribution in [0.3, 0.4) is 0 Å². The molecule has 0 N–H and O–H groups in total. The number of carbonyl (C=O) groups excluding carboxylic acids is 1. The molecule has 0 bridgehead atoms. The van der Waals surface area contributed by atoms with E-state index in [0.29, 0.717) is 11.1 Å². The fraction of sp³-hybridized carbons (Fsp3) is 0.0625. The molecular weight excluding hydrogens is 243 g/mol. The predicted molar refractivity (Wildman–Crippen MR) is 72.1 cm³/mol. The Morgan fingerprint density at radius 2 is 1.95 bits per heavy atom. The third-order valence-electron chi connectivity index (χ3n) is 2.67. The summed E-state index contributed by atoms with van der Waals surface area (Å²) in [6.07, 6.45) is 1.43. The van der Waals surface area contributed by atoms with E-state index in [-0.39, 0.29) is 6.61 Å². The van der Waals surface area contributed by atoms with Crippen LogP contribution in [0.25, 0.3) is 6.08 Å². The average molecular weight is 256 g/mol. The first-order chi connectivity index (χ1) is 9.20. The SMILES string of the molecule is C=Cc1cc(F)ccc1C(=O)OCc1ccccc1. The van der Waals surface area contributed by atoms with Gasteiger partial charge in [-0.3, -0.25) is 0 Å². The van der Waals surface area contributed by atoms with Gasteiger partial charge in [-0.05, 0) is 29.3 Å². The quantitative estimate of drug-likeness (QED) is 0.777. The number of hydrogen-bond acceptors (Lipinski definition) is 2. The molecule has 0 fully saturated rings. The van der Waals surface area contributed by atoms with E-state index in [0.717, 1.165) is 5.56 Å². The summed E-state index contributed by atoms with van der Waals surface area (Å²) in [5, 5.41) is 0.